The Labute approximate surface area is 158 Å². The van der Waals surface area contributed by atoms with Gasteiger partial charge < -0.3 is 14.6 Å². The molecule has 1 aromatic rings. The molecule has 0 bridgehead atoms. The molecule has 1 N–H and O–H groups in total. The molecule has 0 aliphatic carbocycles. The third-order valence-electron chi connectivity index (χ3n) is 4.58. The van der Waals surface area contributed by atoms with Crippen LogP contribution in [0.4, 0.5) is 0 Å². The van der Waals surface area contributed by atoms with Gasteiger partial charge in [0.25, 0.3) is 0 Å². The number of esters is 1. The van der Waals surface area contributed by atoms with Crippen LogP contribution in [-0.2, 0) is 4.74 Å². The van der Waals surface area contributed by atoms with Crippen LogP contribution in [0.5, 0.6) is 11.5 Å². The van der Waals surface area contributed by atoms with Gasteiger partial charge in [-0.1, -0.05) is 77.6 Å². The minimum absolute atomic E-state index is 0.0117. The molecule has 1 rings (SSSR count). The first-order chi connectivity index (χ1) is 12.7. The topological polar surface area (TPSA) is 55.8 Å². The van der Waals surface area contributed by atoms with Gasteiger partial charge >= 0.3 is 5.97 Å². The normalized spacial score (nSPS) is 10.7. The summed E-state index contributed by atoms with van der Waals surface area (Å²) >= 11 is 0. The van der Waals surface area contributed by atoms with Gasteiger partial charge in [0.05, 0.1) is 19.3 Å². The molecule has 0 atom stereocenters. The number of ether oxygens (including phenoxy) is 2. The zero-order valence-electron chi connectivity index (χ0n) is 16.6. The summed E-state index contributed by atoms with van der Waals surface area (Å²) in [5.41, 5.74) is 0.303. The molecule has 1 aromatic carbocycles. The van der Waals surface area contributed by atoms with Crippen LogP contribution in [0, 0.1) is 0 Å². The predicted octanol–water partition coefficient (Wildman–Crippen LogP) is 6.26. The van der Waals surface area contributed by atoms with Gasteiger partial charge in [-0.25, -0.2) is 4.79 Å². The number of rotatable bonds is 15. The number of hydrogen-bond donors (Lipinski definition) is 1. The largest absolute Gasteiger partial charge is 0.508 e. The summed E-state index contributed by atoms with van der Waals surface area (Å²) in [5, 5.41) is 9.65. The van der Waals surface area contributed by atoms with Crippen molar-refractivity contribution < 1.29 is 19.4 Å². The van der Waals surface area contributed by atoms with Crippen LogP contribution < -0.4 is 4.74 Å². The van der Waals surface area contributed by atoms with E-state index in [2.05, 4.69) is 11.7 Å². The molecule has 0 spiro atoms. The van der Waals surface area contributed by atoms with Gasteiger partial charge in [0, 0.05) is 6.07 Å². The van der Waals surface area contributed by atoms with E-state index in [1.54, 1.807) is 6.07 Å². The second kappa shape index (κ2) is 14.5. The highest BCUT2D eigenvalue weighted by molar-refractivity contribution is 5.90. The molecule has 0 saturated carbocycles. The standard InChI is InChI=1S/C22H36O4/c1-3-4-5-6-7-8-9-10-11-12-13-14-15-26-21-17-19(22(24)25-2)16-20(23)18-21/h16-18,23H,3-15H2,1-2H3. The number of carbonyl (C=O) groups excluding carboxylic acids is 1. The van der Waals surface area contributed by atoms with Crippen LogP contribution >= 0.6 is 0 Å². The molecule has 0 radical (unpaired) electrons. The monoisotopic (exact) mass is 364 g/mol. The summed E-state index contributed by atoms with van der Waals surface area (Å²) in [6, 6.07) is 4.50. The molecular formula is C22H36O4. The molecule has 148 valence electrons. The third kappa shape index (κ3) is 10.3. The van der Waals surface area contributed by atoms with E-state index in [1.165, 1.54) is 83.5 Å². The smallest absolute Gasteiger partial charge is 0.338 e. The van der Waals surface area contributed by atoms with Gasteiger partial charge in [0.2, 0.25) is 0 Å². The van der Waals surface area contributed by atoms with Crippen molar-refractivity contribution in [2.45, 2.75) is 84.0 Å². The Morgan fingerprint density at radius 2 is 1.38 bits per heavy atom. The van der Waals surface area contributed by atoms with Crippen molar-refractivity contribution in [3.05, 3.63) is 23.8 Å². The van der Waals surface area contributed by atoms with E-state index in [9.17, 15) is 9.90 Å². The molecule has 0 unspecified atom stereocenters. The van der Waals surface area contributed by atoms with Crippen LogP contribution in [-0.4, -0.2) is 24.8 Å². The zero-order valence-corrected chi connectivity index (χ0v) is 16.6. The van der Waals surface area contributed by atoms with E-state index in [1.807, 2.05) is 0 Å². The van der Waals surface area contributed by atoms with E-state index < -0.39 is 5.97 Å². The second-order valence-electron chi connectivity index (χ2n) is 6.94. The number of unbranched alkanes of at least 4 members (excludes halogenated alkanes) is 11. The Balaban J connectivity index is 2.02. The average molecular weight is 365 g/mol. The fourth-order valence-electron chi connectivity index (χ4n) is 3.04. The first-order valence-corrected chi connectivity index (χ1v) is 10.2. The van der Waals surface area contributed by atoms with Gasteiger partial charge in [0.15, 0.2) is 0 Å². The van der Waals surface area contributed by atoms with Crippen molar-refractivity contribution >= 4 is 5.97 Å². The van der Waals surface area contributed by atoms with Gasteiger partial charge in [-0.05, 0) is 18.6 Å². The van der Waals surface area contributed by atoms with Crippen LogP contribution in [0.25, 0.3) is 0 Å². The van der Waals surface area contributed by atoms with Crippen molar-refractivity contribution in [1.82, 2.24) is 0 Å². The maximum Gasteiger partial charge on any atom is 0.338 e. The molecule has 0 aliphatic heterocycles. The summed E-state index contributed by atoms with van der Waals surface area (Å²) in [6.45, 7) is 2.86. The molecule has 0 heterocycles. The SMILES string of the molecule is CCCCCCCCCCCCCCOc1cc(O)cc(C(=O)OC)c1. The quantitative estimate of drug-likeness (QED) is 0.295. The van der Waals surface area contributed by atoms with Crippen molar-refractivity contribution in [3.8, 4) is 11.5 Å². The summed E-state index contributed by atoms with van der Waals surface area (Å²) in [5.74, 6) is 0.0437. The van der Waals surface area contributed by atoms with Crippen LogP contribution in [0.2, 0.25) is 0 Å². The Hall–Kier alpha value is -1.71. The molecule has 0 fully saturated rings. The van der Waals surface area contributed by atoms with Gasteiger partial charge in [-0.2, -0.15) is 0 Å². The molecule has 0 aromatic heterocycles. The lowest BCUT2D eigenvalue weighted by molar-refractivity contribution is 0.0599. The molecule has 26 heavy (non-hydrogen) atoms. The van der Waals surface area contributed by atoms with E-state index in [0.717, 1.165) is 12.8 Å². The zero-order chi connectivity index (χ0) is 19.0. The summed E-state index contributed by atoms with van der Waals surface area (Å²) in [6.07, 6.45) is 15.7. The fraction of sp³-hybridized carbons (Fsp3) is 0.682. The van der Waals surface area contributed by atoms with E-state index in [0.29, 0.717) is 17.9 Å². The number of carbonyl (C=O) groups is 1. The second-order valence-corrected chi connectivity index (χ2v) is 6.94. The predicted molar refractivity (Wildman–Crippen MR) is 106 cm³/mol. The lowest BCUT2D eigenvalue weighted by Crippen LogP contribution is -2.03. The van der Waals surface area contributed by atoms with E-state index in [4.69, 9.17) is 4.74 Å². The maximum absolute atomic E-state index is 11.5. The maximum atomic E-state index is 11.5. The molecular weight excluding hydrogens is 328 g/mol. The van der Waals surface area contributed by atoms with Gasteiger partial charge in [0.1, 0.15) is 11.5 Å². The van der Waals surface area contributed by atoms with Crippen molar-refractivity contribution in [2.75, 3.05) is 13.7 Å². The highest BCUT2D eigenvalue weighted by atomic mass is 16.5. The van der Waals surface area contributed by atoms with Crippen molar-refractivity contribution in [2.24, 2.45) is 0 Å². The first-order valence-electron chi connectivity index (χ1n) is 10.2. The van der Waals surface area contributed by atoms with Gasteiger partial charge in [-0.3, -0.25) is 0 Å². The minimum atomic E-state index is -0.476. The number of phenols is 1. The average Bonchev–Trinajstić information content (AvgIpc) is 2.64. The molecule has 4 nitrogen and oxygen atoms in total. The Morgan fingerprint density at radius 3 is 1.92 bits per heavy atom. The Morgan fingerprint density at radius 1 is 0.846 bits per heavy atom. The van der Waals surface area contributed by atoms with E-state index in [-0.39, 0.29) is 5.75 Å². The summed E-state index contributed by atoms with van der Waals surface area (Å²) in [7, 11) is 1.32. The molecule has 0 amide bonds. The van der Waals surface area contributed by atoms with Crippen molar-refractivity contribution in [1.29, 1.82) is 0 Å². The van der Waals surface area contributed by atoms with E-state index >= 15 is 0 Å². The molecule has 0 aliphatic rings. The number of methoxy groups -OCH3 is 1. The first kappa shape index (κ1) is 22.3. The summed E-state index contributed by atoms with van der Waals surface area (Å²) < 4.78 is 10.3. The third-order valence-corrected chi connectivity index (χ3v) is 4.58. The molecule has 0 saturated heterocycles. The highest BCUT2D eigenvalue weighted by Crippen LogP contribution is 2.22. The lowest BCUT2D eigenvalue weighted by atomic mass is 10.1. The Bertz CT molecular complexity index is 499. The van der Waals surface area contributed by atoms with Crippen LogP contribution in [0.1, 0.15) is 94.3 Å². The van der Waals surface area contributed by atoms with Gasteiger partial charge in [-0.15, -0.1) is 0 Å². The fourth-order valence-corrected chi connectivity index (χ4v) is 3.04. The minimum Gasteiger partial charge on any atom is -0.508 e. The van der Waals surface area contributed by atoms with Crippen LogP contribution in [0.3, 0.4) is 0 Å². The highest BCUT2D eigenvalue weighted by Gasteiger charge is 2.09. The lowest BCUT2D eigenvalue weighted by Gasteiger charge is -2.08. The number of benzene rings is 1. The Kier molecular flexibility index (Phi) is 12.4. The molecule has 4 heteroatoms. The number of hydrogen-bond acceptors (Lipinski definition) is 4. The van der Waals surface area contributed by atoms with Crippen LogP contribution in [0.15, 0.2) is 18.2 Å². The number of aromatic hydroxyl groups is 1. The summed E-state index contributed by atoms with van der Waals surface area (Å²) in [4.78, 5) is 11.5. The van der Waals surface area contributed by atoms with Crippen molar-refractivity contribution in [3.63, 3.8) is 0 Å². The number of phenolic OH excluding ortho intramolecular Hbond substituents is 1.